The van der Waals surface area contributed by atoms with Gasteiger partial charge in [0.1, 0.15) is 22.5 Å². The van der Waals surface area contributed by atoms with E-state index < -0.39 is 5.82 Å². The Hall–Kier alpha value is -1.32. The first kappa shape index (κ1) is 11.2. The molecule has 0 atom stereocenters. The van der Waals surface area contributed by atoms with E-state index in [0.29, 0.717) is 16.7 Å². The van der Waals surface area contributed by atoms with Gasteiger partial charge in [-0.15, -0.1) is 0 Å². The predicted molar refractivity (Wildman–Crippen MR) is 60.7 cm³/mol. The summed E-state index contributed by atoms with van der Waals surface area (Å²) < 4.78 is 18.3. The molecular formula is C11H6Cl2FNO. The van der Waals surface area contributed by atoms with Crippen LogP contribution in [-0.4, -0.2) is 4.98 Å². The van der Waals surface area contributed by atoms with Crippen LogP contribution in [-0.2, 0) is 0 Å². The molecule has 0 aliphatic rings. The van der Waals surface area contributed by atoms with Crippen molar-refractivity contribution in [2.75, 3.05) is 0 Å². The maximum Gasteiger partial charge on any atom is 0.142 e. The van der Waals surface area contributed by atoms with Gasteiger partial charge < -0.3 is 4.74 Å². The zero-order chi connectivity index (χ0) is 11.5. The van der Waals surface area contributed by atoms with Crippen molar-refractivity contribution in [3.05, 3.63) is 52.5 Å². The van der Waals surface area contributed by atoms with E-state index in [1.54, 1.807) is 12.1 Å². The molecule has 1 heterocycles. The first-order chi connectivity index (χ1) is 7.65. The summed E-state index contributed by atoms with van der Waals surface area (Å²) in [5.41, 5.74) is 0. The fourth-order valence-electron chi connectivity index (χ4n) is 1.12. The molecule has 16 heavy (non-hydrogen) atoms. The Bertz CT molecular complexity index is 519. The summed E-state index contributed by atoms with van der Waals surface area (Å²) in [5.74, 6) is 0.470. The number of rotatable bonds is 2. The standard InChI is InChI=1S/C11H6Cl2FNO/c12-9-5-7(1-2-10(9)14)16-8-3-4-15-11(13)6-8/h1-6H. The first-order valence-corrected chi connectivity index (χ1v) is 5.15. The largest absolute Gasteiger partial charge is 0.457 e. The fourth-order valence-corrected chi connectivity index (χ4v) is 1.46. The maximum absolute atomic E-state index is 12.9. The summed E-state index contributed by atoms with van der Waals surface area (Å²) >= 11 is 11.3. The highest BCUT2D eigenvalue weighted by Gasteiger charge is 2.03. The van der Waals surface area contributed by atoms with E-state index in [2.05, 4.69) is 4.98 Å². The van der Waals surface area contributed by atoms with Crippen molar-refractivity contribution in [2.24, 2.45) is 0 Å². The number of halogens is 3. The van der Waals surface area contributed by atoms with Gasteiger partial charge in [0, 0.05) is 18.3 Å². The van der Waals surface area contributed by atoms with E-state index in [4.69, 9.17) is 27.9 Å². The Morgan fingerprint density at radius 1 is 1.06 bits per heavy atom. The second kappa shape index (κ2) is 4.68. The topological polar surface area (TPSA) is 22.1 Å². The van der Waals surface area contributed by atoms with Gasteiger partial charge in [-0.05, 0) is 18.2 Å². The summed E-state index contributed by atoms with van der Waals surface area (Å²) in [6.07, 6.45) is 1.52. The van der Waals surface area contributed by atoms with Crippen LogP contribution in [0, 0.1) is 5.82 Å². The van der Waals surface area contributed by atoms with Crippen LogP contribution in [0.15, 0.2) is 36.5 Å². The van der Waals surface area contributed by atoms with Crippen LogP contribution in [0.2, 0.25) is 10.2 Å². The molecule has 5 heteroatoms. The number of ether oxygens (including phenoxy) is 1. The number of aromatic nitrogens is 1. The van der Waals surface area contributed by atoms with Crippen molar-refractivity contribution in [2.45, 2.75) is 0 Å². The van der Waals surface area contributed by atoms with Crippen LogP contribution >= 0.6 is 23.2 Å². The number of hydrogen-bond donors (Lipinski definition) is 0. The first-order valence-electron chi connectivity index (χ1n) is 4.39. The molecule has 0 bridgehead atoms. The molecule has 0 aliphatic heterocycles. The van der Waals surface area contributed by atoms with Gasteiger partial charge in [-0.1, -0.05) is 23.2 Å². The van der Waals surface area contributed by atoms with Gasteiger partial charge >= 0.3 is 0 Å². The van der Waals surface area contributed by atoms with Crippen molar-refractivity contribution < 1.29 is 9.13 Å². The van der Waals surface area contributed by atoms with Crippen molar-refractivity contribution >= 4 is 23.2 Å². The highest BCUT2D eigenvalue weighted by atomic mass is 35.5. The average molecular weight is 258 g/mol. The molecule has 2 nitrogen and oxygen atoms in total. The third kappa shape index (κ3) is 2.62. The van der Waals surface area contributed by atoms with Gasteiger partial charge in [0.25, 0.3) is 0 Å². The molecule has 0 spiro atoms. The molecular weight excluding hydrogens is 252 g/mol. The Morgan fingerprint density at radius 2 is 1.81 bits per heavy atom. The zero-order valence-corrected chi connectivity index (χ0v) is 9.47. The number of nitrogens with zero attached hydrogens (tertiary/aromatic N) is 1. The summed E-state index contributed by atoms with van der Waals surface area (Å²) in [7, 11) is 0. The molecule has 0 saturated heterocycles. The molecule has 2 rings (SSSR count). The van der Waals surface area contributed by atoms with Crippen molar-refractivity contribution in [3.63, 3.8) is 0 Å². The van der Waals surface area contributed by atoms with Gasteiger partial charge in [-0.3, -0.25) is 0 Å². The predicted octanol–water partition coefficient (Wildman–Crippen LogP) is 4.32. The third-order valence-electron chi connectivity index (χ3n) is 1.82. The van der Waals surface area contributed by atoms with Gasteiger partial charge in [0.15, 0.2) is 0 Å². The molecule has 82 valence electrons. The SMILES string of the molecule is Fc1ccc(Oc2ccnc(Cl)c2)cc1Cl. The van der Waals surface area contributed by atoms with Crippen LogP contribution in [0.3, 0.4) is 0 Å². The van der Waals surface area contributed by atoms with E-state index in [0.717, 1.165) is 0 Å². The van der Waals surface area contributed by atoms with Crippen molar-refractivity contribution in [1.29, 1.82) is 0 Å². The molecule has 0 amide bonds. The van der Waals surface area contributed by atoms with Gasteiger partial charge in [-0.25, -0.2) is 9.37 Å². The van der Waals surface area contributed by atoms with E-state index in [-0.39, 0.29) is 5.02 Å². The van der Waals surface area contributed by atoms with Crippen molar-refractivity contribution in [3.8, 4) is 11.5 Å². The zero-order valence-electron chi connectivity index (χ0n) is 7.95. The highest BCUT2D eigenvalue weighted by Crippen LogP contribution is 2.26. The van der Waals surface area contributed by atoms with E-state index in [9.17, 15) is 4.39 Å². The number of pyridine rings is 1. The molecule has 0 saturated carbocycles. The lowest BCUT2D eigenvalue weighted by atomic mass is 10.3. The lowest BCUT2D eigenvalue weighted by Gasteiger charge is -2.05. The van der Waals surface area contributed by atoms with Gasteiger partial charge in [0.05, 0.1) is 5.02 Å². The Labute approximate surface area is 102 Å². The van der Waals surface area contributed by atoms with Gasteiger partial charge in [-0.2, -0.15) is 0 Å². The smallest absolute Gasteiger partial charge is 0.142 e. The molecule has 2 aromatic rings. The Morgan fingerprint density at radius 3 is 2.50 bits per heavy atom. The maximum atomic E-state index is 12.9. The number of hydrogen-bond acceptors (Lipinski definition) is 2. The van der Waals surface area contributed by atoms with Crippen LogP contribution < -0.4 is 4.74 Å². The minimum absolute atomic E-state index is 0.0117. The van der Waals surface area contributed by atoms with Crippen LogP contribution in [0.5, 0.6) is 11.5 Å². The Balaban J connectivity index is 2.24. The second-order valence-electron chi connectivity index (χ2n) is 2.99. The molecule has 0 N–H and O–H groups in total. The summed E-state index contributed by atoms with van der Waals surface area (Å²) in [5, 5.41) is 0.336. The molecule has 0 unspecified atom stereocenters. The Kier molecular flexibility index (Phi) is 3.27. The summed E-state index contributed by atoms with van der Waals surface area (Å²) in [4.78, 5) is 3.81. The molecule has 1 aromatic heterocycles. The van der Waals surface area contributed by atoms with Crippen LogP contribution in [0.25, 0.3) is 0 Å². The fraction of sp³-hybridized carbons (Fsp3) is 0. The molecule has 1 aromatic carbocycles. The third-order valence-corrected chi connectivity index (χ3v) is 2.32. The quantitative estimate of drug-likeness (QED) is 0.748. The second-order valence-corrected chi connectivity index (χ2v) is 3.79. The molecule has 0 radical (unpaired) electrons. The van der Waals surface area contributed by atoms with Gasteiger partial charge in [0.2, 0.25) is 0 Å². The highest BCUT2D eigenvalue weighted by molar-refractivity contribution is 6.30. The minimum atomic E-state index is -0.484. The summed E-state index contributed by atoms with van der Waals surface area (Å²) in [6.45, 7) is 0. The molecule has 0 aliphatic carbocycles. The van der Waals surface area contributed by atoms with E-state index >= 15 is 0 Å². The lowest BCUT2D eigenvalue weighted by molar-refractivity contribution is 0.480. The normalized spacial score (nSPS) is 10.2. The minimum Gasteiger partial charge on any atom is -0.457 e. The monoisotopic (exact) mass is 257 g/mol. The van der Waals surface area contributed by atoms with Crippen LogP contribution in [0.4, 0.5) is 4.39 Å². The number of benzene rings is 1. The summed E-state index contributed by atoms with van der Waals surface area (Å²) in [6, 6.07) is 7.31. The van der Waals surface area contributed by atoms with Crippen LogP contribution in [0.1, 0.15) is 0 Å². The average Bonchev–Trinajstić information content (AvgIpc) is 2.24. The molecule has 0 fully saturated rings. The van der Waals surface area contributed by atoms with E-state index in [1.165, 1.54) is 24.4 Å². The lowest BCUT2D eigenvalue weighted by Crippen LogP contribution is -1.86. The van der Waals surface area contributed by atoms with E-state index in [1.807, 2.05) is 0 Å². The van der Waals surface area contributed by atoms with Crippen molar-refractivity contribution in [1.82, 2.24) is 4.98 Å².